The molecule has 1 saturated carbocycles. The second-order valence-corrected chi connectivity index (χ2v) is 7.73. The Kier molecular flexibility index (Phi) is 3.35. The minimum atomic E-state index is -0.262. The minimum absolute atomic E-state index is 0.155. The molecule has 0 radical (unpaired) electrons. The normalized spacial score (nSPS) is 17.8. The number of carbonyl (C=O) groups excluding carboxylic acids is 1. The minimum Gasteiger partial charge on any atom is -0.307 e. The zero-order valence-electron chi connectivity index (χ0n) is 15.1. The summed E-state index contributed by atoms with van der Waals surface area (Å²) in [6.45, 7) is 0.519. The fourth-order valence-electron chi connectivity index (χ4n) is 4.90. The monoisotopic (exact) mass is 365 g/mol. The molecule has 5 rings (SSSR count). The van der Waals surface area contributed by atoms with Gasteiger partial charge in [0.2, 0.25) is 0 Å². The van der Waals surface area contributed by atoms with E-state index in [0.29, 0.717) is 28.9 Å². The van der Waals surface area contributed by atoms with Gasteiger partial charge in [0, 0.05) is 30.1 Å². The first-order valence-corrected chi connectivity index (χ1v) is 9.30. The molecule has 3 aromatic rings. The number of rotatable bonds is 1. The van der Waals surface area contributed by atoms with Crippen molar-refractivity contribution in [3.8, 4) is 0 Å². The van der Waals surface area contributed by atoms with Crippen LogP contribution in [-0.2, 0) is 12.5 Å². The van der Waals surface area contributed by atoms with Gasteiger partial charge in [-0.05, 0) is 43.2 Å². The van der Waals surface area contributed by atoms with Crippen LogP contribution in [0.5, 0.6) is 0 Å². The molecule has 1 spiro atoms. The van der Waals surface area contributed by atoms with Crippen LogP contribution in [0.1, 0.15) is 41.6 Å². The van der Waals surface area contributed by atoms with Crippen molar-refractivity contribution in [2.24, 2.45) is 7.05 Å². The summed E-state index contributed by atoms with van der Waals surface area (Å²) >= 11 is 0. The van der Waals surface area contributed by atoms with E-state index in [9.17, 15) is 14.0 Å². The predicted octanol–water partition coefficient (Wildman–Crippen LogP) is 3.48. The zero-order valence-corrected chi connectivity index (χ0v) is 15.1. The number of carbonyl (C=O) groups is 1. The third-order valence-corrected chi connectivity index (χ3v) is 6.23. The van der Waals surface area contributed by atoms with Crippen molar-refractivity contribution in [1.82, 2.24) is 9.55 Å². The molecule has 2 aliphatic rings. The van der Waals surface area contributed by atoms with Crippen molar-refractivity contribution in [3.05, 3.63) is 63.8 Å². The highest BCUT2D eigenvalue weighted by Gasteiger charge is 2.48. The lowest BCUT2D eigenvalue weighted by molar-refractivity contribution is 0.0985. The zero-order chi connectivity index (χ0) is 18.8. The van der Waals surface area contributed by atoms with E-state index >= 15 is 0 Å². The number of aryl methyl sites for hydroxylation is 1. The van der Waals surface area contributed by atoms with Crippen LogP contribution in [0.4, 0.5) is 10.1 Å². The third-order valence-electron chi connectivity index (χ3n) is 6.23. The molecule has 5 nitrogen and oxygen atoms in total. The van der Waals surface area contributed by atoms with Crippen LogP contribution in [-0.4, -0.2) is 22.0 Å². The first kappa shape index (κ1) is 16.3. The van der Waals surface area contributed by atoms with Crippen LogP contribution in [0.15, 0.2) is 41.2 Å². The number of benzene rings is 2. The number of fused-ring (bicyclic) bond motifs is 3. The van der Waals surface area contributed by atoms with Crippen LogP contribution < -0.4 is 10.6 Å². The Morgan fingerprint density at radius 1 is 1.19 bits per heavy atom. The Morgan fingerprint density at radius 2 is 1.96 bits per heavy atom. The van der Waals surface area contributed by atoms with Gasteiger partial charge in [0.25, 0.3) is 5.91 Å². The van der Waals surface area contributed by atoms with Crippen molar-refractivity contribution in [2.75, 3.05) is 11.4 Å². The summed E-state index contributed by atoms with van der Waals surface area (Å²) in [4.78, 5) is 29.6. The maximum Gasteiger partial charge on any atom is 0.326 e. The number of H-pyrrole nitrogens is 1. The van der Waals surface area contributed by atoms with Gasteiger partial charge in [0.1, 0.15) is 5.82 Å². The SMILES string of the molecule is Cn1c(=O)[nH]c2cc(C(=O)N3CC4(CCCC4)c4c(F)cccc43)ccc21. The lowest BCUT2D eigenvalue weighted by Gasteiger charge is -2.25. The molecule has 27 heavy (non-hydrogen) atoms. The Hall–Kier alpha value is -2.89. The van der Waals surface area contributed by atoms with E-state index in [2.05, 4.69) is 4.98 Å². The largest absolute Gasteiger partial charge is 0.326 e. The molecule has 1 fully saturated rings. The van der Waals surface area contributed by atoms with Gasteiger partial charge in [0.05, 0.1) is 16.7 Å². The van der Waals surface area contributed by atoms with Gasteiger partial charge in [-0.2, -0.15) is 0 Å². The topological polar surface area (TPSA) is 58.1 Å². The second kappa shape index (κ2) is 5.55. The second-order valence-electron chi connectivity index (χ2n) is 7.73. The van der Waals surface area contributed by atoms with Crippen molar-refractivity contribution < 1.29 is 9.18 Å². The molecule has 0 unspecified atom stereocenters. The van der Waals surface area contributed by atoms with Crippen LogP contribution in [0.25, 0.3) is 11.0 Å². The lowest BCUT2D eigenvalue weighted by atomic mass is 9.80. The van der Waals surface area contributed by atoms with Gasteiger partial charge < -0.3 is 9.88 Å². The smallest absolute Gasteiger partial charge is 0.307 e. The van der Waals surface area contributed by atoms with Crippen molar-refractivity contribution in [3.63, 3.8) is 0 Å². The number of anilines is 1. The average molecular weight is 365 g/mol. The maximum atomic E-state index is 14.7. The number of nitrogens with one attached hydrogen (secondary N) is 1. The fraction of sp³-hybridized carbons (Fsp3) is 0.333. The summed E-state index contributed by atoms with van der Waals surface area (Å²) in [6.07, 6.45) is 3.95. The quantitative estimate of drug-likeness (QED) is 0.718. The molecule has 6 heteroatoms. The Balaban J connectivity index is 1.60. The highest BCUT2D eigenvalue weighted by atomic mass is 19.1. The molecule has 0 bridgehead atoms. The summed E-state index contributed by atoms with van der Waals surface area (Å²) in [5, 5.41) is 0. The van der Waals surface area contributed by atoms with E-state index in [1.807, 2.05) is 6.07 Å². The number of amides is 1. The molecule has 2 aromatic carbocycles. The molecule has 2 heterocycles. The third kappa shape index (κ3) is 2.22. The summed E-state index contributed by atoms with van der Waals surface area (Å²) in [5.41, 5.74) is 2.78. The number of hydrogen-bond donors (Lipinski definition) is 1. The Labute approximate surface area is 155 Å². The first-order valence-electron chi connectivity index (χ1n) is 9.30. The number of halogens is 1. The lowest BCUT2D eigenvalue weighted by Crippen LogP contribution is -2.35. The summed E-state index contributed by atoms with van der Waals surface area (Å²) < 4.78 is 16.2. The fourth-order valence-corrected chi connectivity index (χ4v) is 4.90. The van der Waals surface area contributed by atoms with E-state index in [1.54, 1.807) is 36.2 Å². The van der Waals surface area contributed by atoms with Crippen molar-refractivity contribution in [1.29, 1.82) is 0 Å². The number of nitrogens with zero attached hydrogens (tertiary/aromatic N) is 2. The summed E-state index contributed by atoms with van der Waals surface area (Å²) in [5.74, 6) is -0.371. The molecular formula is C21H20FN3O2. The summed E-state index contributed by atoms with van der Waals surface area (Å²) in [7, 11) is 1.69. The number of aromatic nitrogens is 2. The molecule has 1 aromatic heterocycles. The molecule has 1 N–H and O–H groups in total. The highest BCUT2D eigenvalue weighted by molar-refractivity contribution is 6.09. The molecule has 0 saturated heterocycles. The predicted molar refractivity (Wildman–Crippen MR) is 102 cm³/mol. The Morgan fingerprint density at radius 3 is 2.74 bits per heavy atom. The van der Waals surface area contributed by atoms with E-state index in [-0.39, 0.29) is 22.8 Å². The van der Waals surface area contributed by atoms with E-state index in [4.69, 9.17) is 0 Å². The van der Waals surface area contributed by atoms with Gasteiger partial charge in [-0.1, -0.05) is 18.9 Å². The molecule has 1 aliphatic carbocycles. The number of hydrogen-bond acceptors (Lipinski definition) is 2. The molecule has 138 valence electrons. The van der Waals surface area contributed by atoms with E-state index < -0.39 is 0 Å². The molecular weight excluding hydrogens is 345 g/mol. The number of imidazole rings is 1. The molecule has 1 aliphatic heterocycles. The van der Waals surface area contributed by atoms with Crippen molar-refractivity contribution >= 4 is 22.6 Å². The highest BCUT2D eigenvalue weighted by Crippen LogP contribution is 2.51. The number of aromatic amines is 1. The average Bonchev–Trinajstić information content (AvgIpc) is 3.34. The van der Waals surface area contributed by atoms with Gasteiger partial charge >= 0.3 is 5.69 Å². The van der Waals surface area contributed by atoms with Gasteiger partial charge in [-0.3, -0.25) is 9.36 Å². The summed E-state index contributed by atoms with van der Waals surface area (Å²) in [6, 6.07) is 10.2. The van der Waals surface area contributed by atoms with Crippen LogP contribution in [0.2, 0.25) is 0 Å². The van der Waals surface area contributed by atoms with E-state index in [0.717, 1.165) is 31.2 Å². The van der Waals surface area contributed by atoms with Crippen LogP contribution >= 0.6 is 0 Å². The van der Waals surface area contributed by atoms with Crippen molar-refractivity contribution in [2.45, 2.75) is 31.1 Å². The first-order chi connectivity index (χ1) is 13.0. The van der Waals surface area contributed by atoms with Crippen LogP contribution in [0, 0.1) is 5.82 Å². The maximum absolute atomic E-state index is 14.7. The Bertz CT molecular complexity index is 1140. The van der Waals surface area contributed by atoms with Gasteiger partial charge in [-0.15, -0.1) is 0 Å². The van der Waals surface area contributed by atoms with Gasteiger partial charge in [0.15, 0.2) is 0 Å². The van der Waals surface area contributed by atoms with Crippen LogP contribution in [0.3, 0.4) is 0 Å². The standard InChI is InChI=1S/C21H20FN3O2/c1-24-16-8-7-13(11-15(16)23-20(24)27)19(26)25-12-21(9-2-3-10-21)18-14(22)5-4-6-17(18)25/h4-8,11H,2-3,9-10,12H2,1H3,(H,23,27). The molecule has 1 amide bonds. The van der Waals surface area contributed by atoms with Gasteiger partial charge in [-0.25, -0.2) is 9.18 Å². The van der Waals surface area contributed by atoms with E-state index in [1.165, 1.54) is 10.6 Å². The molecule has 0 atom stereocenters.